The molecule has 1 aromatic carbocycles. The van der Waals surface area contributed by atoms with Crippen molar-refractivity contribution in [2.24, 2.45) is 5.10 Å². The van der Waals surface area contributed by atoms with Crippen molar-refractivity contribution < 1.29 is 0 Å². The number of hydrogen-bond acceptors (Lipinski definition) is 5. The first-order valence-corrected chi connectivity index (χ1v) is 6.88. The summed E-state index contributed by atoms with van der Waals surface area (Å²) in [6.07, 6.45) is 1.80. The fraction of sp³-hybridized carbons (Fsp3) is 0.286. The zero-order valence-electron chi connectivity index (χ0n) is 11.6. The molecule has 100 valence electrons. The molecule has 0 radical (unpaired) electrons. The average molecular weight is 274 g/mol. The molecule has 5 heteroatoms. The number of hydrogen-bond donors (Lipinski definition) is 1. The highest BCUT2D eigenvalue weighted by Crippen LogP contribution is 2.20. The van der Waals surface area contributed by atoms with Crippen LogP contribution < -0.4 is 10.3 Å². The number of aromatic nitrogens is 1. The largest absolute Gasteiger partial charge is 0.378 e. The van der Waals surface area contributed by atoms with Crippen LogP contribution in [0.15, 0.2) is 29.4 Å². The van der Waals surface area contributed by atoms with Crippen LogP contribution in [0.3, 0.4) is 0 Å². The fourth-order valence-corrected chi connectivity index (χ4v) is 2.31. The Morgan fingerprint density at radius 3 is 2.42 bits per heavy atom. The zero-order chi connectivity index (χ0) is 13.8. The molecule has 0 spiro atoms. The third kappa shape index (κ3) is 3.54. The predicted octanol–water partition coefficient (Wildman–Crippen LogP) is 3.27. The summed E-state index contributed by atoms with van der Waals surface area (Å²) in [5, 5.41) is 5.03. The summed E-state index contributed by atoms with van der Waals surface area (Å²) >= 11 is 1.61. The number of anilines is 2. The molecule has 0 fully saturated rings. The minimum atomic E-state index is 0.830. The van der Waals surface area contributed by atoms with Gasteiger partial charge in [-0.2, -0.15) is 5.10 Å². The maximum Gasteiger partial charge on any atom is 0.203 e. The minimum Gasteiger partial charge on any atom is -0.378 e. The highest BCUT2D eigenvalue weighted by Gasteiger charge is 2.01. The molecule has 4 nitrogen and oxygen atoms in total. The van der Waals surface area contributed by atoms with E-state index in [-0.39, 0.29) is 0 Å². The van der Waals surface area contributed by atoms with Gasteiger partial charge >= 0.3 is 0 Å². The molecule has 0 amide bonds. The number of aryl methyl sites for hydroxylation is 2. The first-order chi connectivity index (χ1) is 9.06. The van der Waals surface area contributed by atoms with Crippen molar-refractivity contribution in [1.29, 1.82) is 0 Å². The van der Waals surface area contributed by atoms with Crippen molar-refractivity contribution >= 4 is 28.4 Å². The number of hydrazone groups is 1. The van der Waals surface area contributed by atoms with E-state index in [0.29, 0.717) is 0 Å². The van der Waals surface area contributed by atoms with Gasteiger partial charge < -0.3 is 4.90 Å². The Hall–Kier alpha value is -1.88. The van der Waals surface area contributed by atoms with Gasteiger partial charge in [-0.15, -0.1) is 11.3 Å². The third-order valence-electron chi connectivity index (χ3n) is 2.81. The predicted molar refractivity (Wildman–Crippen MR) is 83.6 cm³/mol. The van der Waals surface area contributed by atoms with Crippen LogP contribution in [0.1, 0.15) is 16.1 Å². The normalized spacial score (nSPS) is 10.9. The van der Waals surface area contributed by atoms with Gasteiger partial charge in [-0.05, 0) is 31.5 Å². The lowest BCUT2D eigenvalue weighted by Crippen LogP contribution is -2.08. The van der Waals surface area contributed by atoms with Gasteiger partial charge in [-0.3, -0.25) is 5.43 Å². The standard InChI is InChI=1S/C14H18N4S/c1-10-11(2)19-14(16-10)17-15-9-12-5-7-13(8-6-12)18(3)4/h5-9H,1-4H3,(H,16,17)/b15-9-. The molecule has 0 unspecified atom stereocenters. The van der Waals surface area contributed by atoms with Crippen molar-refractivity contribution in [3.05, 3.63) is 40.4 Å². The lowest BCUT2D eigenvalue weighted by atomic mass is 10.2. The Balaban J connectivity index is 1.98. The number of thiazole rings is 1. The van der Waals surface area contributed by atoms with Gasteiger partial charge in [0.25, 0.3) is 0 Å². The van der Waals surface area contributed by atoms with Crippen LogP contribution in [-0.2, 0) is 0 Å². The minimum absolute atomic E-state index is 0.830. The second-order valence-corrected chi connectivity index (χ2v) is 5.72. The van der Waals surface area contributed by atoms with E-state index in [2.05, 4.69) is 39.5 Å². The molecule has 0 atom stereocenters. The molecular formula is C14H18N4S. The second-order valence-electron chi connectivity index (χ2n) is 4.52. The maximum absolute atomic E-state index is 4.37. The summed E-state index contributed by atoms with van der Waals surface area (Å²) < 4.78 is 0. The number of nitrogens with zero attached hydrogens (tertiary/aromatic N) is 3. The first-order valence-electron chi connectivity index (χ1n) is 6.07. The van der Waals surface area contributed by atoms with Gasteiger partial charge in [0.2, 0.25) is 5.13 Å². The van der Waals surface area contributed by atoms with Crippen molar-refractivity contribution in [3.8, 4) is 0 Å². The topological polar surface area (TPSA) is 40.5 Å². The first kappa shape index (κ1) is 13.5. The summed E-state index contributed by atoms with van der Waals surface area (Å²) in [7, 11) is 4.05. The van der Waals surface area contributed by atoms with Crippen LogP contribution in [0.25, 0.3) is 0 Å². The van der Waals surface area contributed by atoms with E-state index in [1.165, 1.54) is 10.6 Å². The Morgan fingerprint density at radius 1 is 1.21 bits per heavy atom. The summed E-state index contributed by atoms with van der Waals surface area (Å²) in [6.45, 7) is 4.06. The smallest absolute Gasteiger partial charge is 0.203 e. The van der Waals surface area contributed by atoms with Crippen molar-refractivity contribution in [1.82, 2.24) is 4.98 Å². The molecule has 0 aliphatic rings. The molecule has 1 heterocycles. The number of benzene rings is 1. The summed E-state index contributed by atoms with van der Waals surface area (Å²) in [5.74, 6) is 0. The quantitative estimate of drug-likeness (QED) is 0.687. The highest BCUT2D eigenvalue weighted by atomic mass is 32.1. The van der Waals surface area contributed by atoms with Crippen LogP contribution in [0, 0.1) is 13.8 Å². The van der Waals surface area contributed by atoms with Crippen LogP contribution in [-0.4, -0.2) is 25.3 Å². The van der Waals surface area contributed by atoms with Gasteiger partial charge in [0.15, 0.2) is 0 Å². The van der Waals surface area contributed by atoms with E-state index in [9.17, 15) is 0 Å². The van der Waals surface area contributed by atoms with E-state index in [1.807, 2.05) is 33.2 Å². The van der Waals surface area contributed by atoms with Crippen molar-refractivity contribution in [2.75, 3.05) is 24.4 Å². The number of nitrogens with one attached hydrogen (secondary N) is 1. The van der Waals surface area contributed by atoms with E-state index >= 15 is 0 Å². The van der Waals surface area contributed by atoms with Crippen molar-refractivity contribution in [3.63, 3.8) is 0 Å². The van der Waals surface area contributed by atoms with Crippen LogP contribution in [0.5, 0.6) is 0 Å². The van der Waals surface area contributed by atoms with Crippen LogP contribution in [0.4, 0.5) is 10.8 Å². The summed E-state index contributed by atoms with van der Waals surface area (Å²) in [4.78, 5) is 7.65. The summed E-state index contributed by atoms with van der Waals surface area (Å²) in [6, 6.07) is 8.22. The second kappa shape index (κ2) is 5.84. The molecule has 0 aliphatic carbocycles. The summed E-state index contributed by atoms with van der Waals surface area (Å²) in [5.41, 5.74) is 6.25. The lowest BCUT2D eigenvalue weighted by molar-refractivity contribution is 1.13. The van der Waals surface area contributed by atoms with E-state index in [0.717, 1.165) is 16.4 Å². The molecule has 2 rings (SSSR count). The molecule has 0 saturated heterocycles. The highest BCUT2D eigenvalue weighted by molar-refractivity contribution is 7.15. The Bertz CT molecular complexity index is 550. The van der Waals surface area contributed by atoms with Gasteiger partial charge in [-0.25, -0.2) is 4.98 Å². The SMILES string of the molecule is Cc1nc(N/N=C\c2ccc(N(C)C)cc2)sc1C. The maximum atomic E-state index is 4.37. The van der Waals surface area contributed by atoms with Gasteiger partial charge in [0, 0.05) is 24.7 Å². The average Bonchev–Trinajstić information content (AvgIpc) is 2.69. The van der Waals surface area contributed by atoms with Crippen molar-refractivity contribution in [2.45, 2.75) is 13.8 Å². The molecule has 1 N–H and O–H groups in total. The molecule has 0 saturated carbocycles. The Morgan fingerprint density at radius 2 is 1.89 bits per heavy atom. The molecule has 19 heavy (non-hydrogen) atoms. The van der Waals surface area contributed by atoms with E-state index < -0.39 is 0 Å². The van der Waals surface area contributed by atoms with E-state index in [4.69, 9.17) is 0 Å². The molecule has 0 aliphatic heterocycles. The van der Waals surface area contributed by atoms with Gasteiger partial charge in [0.05, 0.1) is 11.9 Å². The van der Waals surface area contributed by atoms with Crippen LogP contribution in [0.2, 0.25) is 0 Å². The zero-order valence-corrected chi connectivity index (χ0v) is 12.5. The molecule has 2 aromatic rings. The Labute approximate surface area is 117 Å². The van der Waals surface area contributed by atoms with E-state index in [1.54, 1.807) is 17.6 Å². The molecular weight excluding hydrogens is 256 g/mol. The third-order valence-corrected chi connectivity index (χ3v) is 3.79. The van der Waals surface area contributed by atoms with Gasteiger partial charge in [0.1, 0.15) is 0 Å². The number of rotatable bonds is 4. The molecule has 0 bridgehead atoms. The lowest BCUT2D eigenvalue weighted by Gasteiger charge is -2.11. The van der Waals surface area contributed by atoms with Crippen LogP contribution >= 0.6 is 11.3 Å². The Kier molecular flexibility index (Phi) is 4.16. The van der Waals surface area contributed by atoms with Gasteiger partial charge in [-0.1, -0.05) is 12.1 Å². The fourth-order valence-electron chi connectivity index (χ4n) is 1.54. The monoisotopic (exact) mass is 274 g/mol. The molecule has 1 aromatic heterocycles.